The molecule has 0 saturated carbocycles. The molecule has 2 aliphatic heterocycles. The Bertz CT molecular complexity index is 1460. The maximum absolute atomic E-state index is 11.7. The lowest BCUT2D eigenvalue weighted by Crippen LogP contribution is -2.30. The first kappa shape index (κ1) is 26.5. The second-order valence-corrected chi connectivity index (χ2v) is 13.0. The zero-order valence-electron chi connectivity index (χ0n) is 21.2. The molecule has 0 spiro atoms. The normalized spacial score (nSPS) is 19.3. The van der Waals surface area contributed by atoms with Crippen LogP contribution < -0.4 is 15.2 Å². The molecule has 1 aromatic carbocycles. The van der Waals surface area contributed by atoms with E-state index in [9.17, 15) is 13.2 Å². The highest BCUT2D eigenvalue weighted by atomic mass is 32.2. The number of nitrogens with two attached hydrogens (primary N) is 1. The van der Waals surface area contributed by atoms with Gasteiger partial charge in [0.25, 0.3) is 0 Å². The van der Waals surface area contributed by atoms with Crippen molar-refractivity contribution in [2.24, 2.45) is 16.6 Å². The zero-order chi connectivity index (χ0) is 26.9. The van der Waals surface area contributed by atoms with Gasteiger partial charge in [0.15, 0.2) is 9.84 Å². The molecule has 38 heavy (non-hydrogen) atoms. The Morgan fingerprint density at radius 2 is 2.03 bits per heavy atom. The molecule has 1 amide bonds. The number of fused-ring (bicyclic) bond motifs is 1. The van der Waals surface area contributed by atoms with Crippen LogP contribution >= 0.6 is 11.8 Å². The lowest BCUT2D eigenvalue weighted by Gasteiger charge is -2.24. The van der Waals surface area contributed by atoms with Gasteiger partial charge in [-0.1, -0.05) is 18.7 Å². The molecule has 10 nitrogen and oxygen atoms in total. The largest absolute Gasteiger partial charge is 0.488 e. The smallest absolute Gasteiger partial charge is 0.221 e. The second-order valence-electron chi connectivity index (χ2n) is 9.65. The first-order valence-electron chi connectivity index (χ1n) is 12.4. The molecule has 202 valence electrons. The quantitative estimate of drug-likeness (QED) is 0.406. The molecule has 2 aliphatic rings. The fourth-order valence-electron chi connectivity index (χ4n) is 4.37. The van der Waals surface area contributed by atoms with Crippen LogP contribution in [0.1, 0.15) is 31.2 Å². The van der Waals surface area contributed by atoms with Gasteiger partial charge in [-0.3, -0.25) is 14.8 Å². The van der Waals surface area contributed by atoms with Crippen LogP contribution in [0.4, 0.5) is 0 Å². The standard InChI is InChI=1S/C26H30N4O6S2/c1-15(25(27)31)23-13-29-26(37-23)21-10-16-9-20(35-19-4-3-17(28-12-19)14-38(2,32)33)11-22(24(16)30-21)36-18-5-7-34-8-6-18/h3-4,9-12,15,18,23,30H,5-8,13-14H2,1-2H3,(H2,27,31). The number of nitrogens with zero attached hydrogens (tertiary/aromatic N) is 2. The molecule has 4 heterocycles. The van der Waals surface area contributed by atoms with Crippen LogP contribution in [0, 0.1) is 5.92 Å². The molecule has 3 N–H and O–H groups in total. The summed E-state index contributed by atoms with van der Waals surface area (Å²) in [6.45, 7) is 3.66. The SMILES string of the molecule is CC(C(N)=O)C1CN=C(c2cc3cc(Oc4ccc(CS(C)(=O)=O)nc4)cc(OC4CCOCC4)c3[nH]2)S1. The maximum atomic E-state index is 11.7. The number of rotatable bonds is 9. The van der Waals surface area contributed by atoms with Crippen LogP contribution in [0.2, 0.25) is 0 Å². The summed E-state index contributed by atoms with van der Waals surface area (Å²) >= 11 is 1.55. The fourth-order valence-corrected chi connectivity index (χ4v) is 6.24. The van der Waals surface area contributed by atoms with Gasteiger partial charge in [-0.05, 0) is 24.3 Å². The van der Waals surface area contributed by atoms with E-state index in [0.717, 1.165) is 34.5 Å². The highest BCUT2D eigenvalue weighted by Gasteiger charge is 2.30. The summed E-state index contributed by atoms with van der Waals surface area (Å²) in [4.78, 5) is 24.0. The number of benzene rings is 1. The third-order valence-electron chi connectivity index (χ3n) is 6.49. The number of ether oxygens (including phenoxy) is 3. The predicted octanol–water partition coefficient (Wildman–Crippen LogP) is 3.44. The van der Waals surface area contributed by atoms with Gasteiger partial charge in [-0.15, -0.1) is 0 Å². The van der Waals surface area contributed by atoms with Crippen molar-refractivity contribution < 1.29 is 27.4 Å². The lowest BCUT2D eigenvalue weighted by atomic mass is 10.1. The summed E-state index contributed by atoms with van der Waals surface area (Å²) in [5.41, 5.74) is 7.62. The summed E-state index contributed by atoms with van der Waals surface area (Å²) in [5, 5.41) is 1.71. The molecule has 2 aromatic heterocycles. The molecule has 2 atom stereocenters. The minimum Gasteiger partial charge on any atom is -0.488 e. The number of hydrogen-bond donors (Lipinski definition) is 2. The third kappa shape index (κ3) is 6.30. The number of carbonyl (C=O) groups is 1. The number of sulfone groups is 1. The van der Waals surface area contributed by atoms with Gasteiger partial charge in [0.05, 0.1) is 48.6 Å². The van der Waals surface area contributed by atoms with Crippen LogP contribution in [0.25, 0.3) is 10.9 Å². The zero-order valence-corrected chi connectivity index (χ0v) is 22.8. The number of nitrogens with one attached hydrogen (secondary N) is 1. The highest BCUT2D eigenvalue weighted by molar-refractivity contribution is 8.15. The van der Waals surface area contributed by atoms with E-state index in [1.165, 1.54) is 12.5 Å². The Labute approximate surface area is 225 Å². The van der Waals surface area contributed by atoms with E-state index in [1.807, 2.05) is 25.1 Å². The fraction of sp³-hybridized carbons (Fsp3) is 0.423. The van der Waals surface area contributed by atoms with Crippen molar-refractivity contribution in [3.63, 3.8) is 0 Å². The Kier molecular flexibility index (Phi) is 7.64. The molecule has 1 fully saturated rings. The molecule has 5 rings (SSSR count). The predicted molar refractivity (Wildman–Crippen MR) is 147 cm³/mol. The van der Waals surface area contributed by atoms with E-state index in [0.29, 0.717) is 42.7 Å². The molecule has 2 unspecified atom stereocenters. The van der Waals surface area contributed by atoms with E-state index in [2.05, 4.69) is 15.0 Å². The van der Waals surface area contributed by atoms with Gasteiger partial charge >= 0.3 is 0 Å². The van der Waals surface area contributed by atoms with Crippen LogP contribution in [0.5, 0.6) is 17.2 Å². The first-order chi connectivity index (χ1) is 18.1. The van der Waals surface area contributed by atoms with Gasteiger partial charge in [-0.25, -0.2) is 8.42 Å². The number of aromatic amines is 1. The Hall–Kier alpha value is -3.09. The van der Waals surface area contributed by atoms with Crippen molar-refractivity contribution >= 4 is 43.5 Å². The molecule has 0 aliphatic carbocycles. The summed E-state index contributed by atoms with van der Waals surface area (Å²) in [6, 6.07) is 9.07. The third-order valence-corrected chi connectivity index (χ3v) is 8.74. The maximum Gasteiger partial charge on any atom is 0.221 e. The second kappa shape index (κ2) is 11.0. The van der Waals surface area contributed by atoms with Crippen molar-refractivity contribution in [3.8, 4) is 17.2 Å². The van der Waals surface area contributed by atoms with Crippen LogP contribution in [-0.2, 0) is 25.1 Å². The number of hydrogen-bond acceptors (Lipinski definition) is 9. The van der Waals surface area contributed by atoms with Crippen LogP contribution in [0.15, 0.2) is 41.5 Å². The molecule has 3 aromatic rings. The Morgan fingerprint density at radius 1 is 1.24 bits per heavy atom. The van der Waals surface area contributed by atoms with E-state index >= 15 is 0 Å². The van der Waals surface area contributed by atoms with Crippen molar-refractivity contribution in [1.82, 2.24) is 9.97 Å². The Morgan fingerprint density at radius 3 is 2.71 bits per heavy atom. The number of amides is 1. The number of aliphatic imine (C=N–C) groups is 1. The summed E-state index contributed by atoms with van der Waals surface area (Å²) < 4.78 is 41.1. The van der Waals surface area contributed by atoms with Gasteiger partial charge in [0.1, 0.15) is 28.4 Å². The van der Waals surface area contributed by atoms with E-state index in [1.54, 1.807) is 23.9 Å². The lowest BCUT2D eigenvalue weighted by molar-refractivity contribution is -0.121. The molecule has 12 heteroatoms. The number of H-pyrrole nitrogens is 1. The number of pyridine rings is 1. The van der Waals surface area contributed by atoms with E-state index in [-0.39, 0.29) is 28.9 Å². The van der Waals surface area contributed by atoms with Gasteiger partial charge in [0.2, 0.25) is 5.91 Å². The van der Waals surface area contributed by atoms with Gasteiger partial charge in [-0.2, -0.15) is 0 Å². The van der Waals surface area contributed by atoms with Crippen molar-refractivity contribution in [1.29, 1.82) is 0 Å². The highest BCUT2D eigenvalue weighted by Crippen LogP contribution is 2.37. The van der Waals surface area contributed by atoms with Crippen molar-refractivity contribution in [2.75, 3.05) is 26.0 Å². The number of thioether (sulfide) groups is 1. The summed E-state index contributed by atoms with van der Waals surface area (Å²) in [5.74, 6) is 0.953. The minimum absolute atomic E-state index is 0.00364. The number of primary amides is 1. The van der Waals surface area contributed by atoms with Crippen molar-refractivity contribution in [3.05, 3.63) is 47.9 Å². The van der Waals surface area contributed by atoms with Crippen LogP contribution in [0.3, 0.4) is 0 Å². The molecule has 0 bridgehead atoms. The first-order valence-corrected chi connectivity index (χ1v) is 15.3. The van der Waals surface area contributed by atoms with Crippen molar-refractivity contribution in [2.45, 2.75) is 36.9 Å². The molecule has 1 saturated heterocycles. The minimum atomic E-state index is -3.18. The summed E-state index contributed by atoms with van der Waals surface area (Å²) in [6.07, 6.45) is 4.29. The average Bonchev–Trinajstić information content (AvgIpc) is 3.52. The number of aromatic nitrogens is 2. The molecular weight excluding hydrogens is 528 g/mol. The van der Waals surface area contributed by atoms with Crippen LogP contribution in [-0.4, -0.2) is 66.7 Å². The van der Waals surface area contributed by atoms with Gasteiger partial charge < -0.3 is 24.9 Å². The molecular formula is C26H30N4O6S2. The van der Waals surface area contributed by atoms with E-state index < -0.39 is 9.84 Å². The average molecular weight is 559 g/mol. The Balaban J connectivity index is 1.43. The number of carbonyl (C=O) groups excluding carboxylic acids is 1. The van der Waals surface area contributed by atoms with E-state index in [4.69, 9.17) is 19.9 Å². The topological polar surface area (TPSA) is 146 Å². The monoisotopic (exact) mass is 558 g/mol. The molecule has 0 radical (unpaired) electrons. The summed E-state index contributed by atoms with van der Waals surface area (Å²) in [7, 11) is -3.18. The van der Waals surface area contributed by atoms with Gasteiger partial charge in [0, 0.05) is 41.7 Å².